The van der Waals surface area contributed by atoms with Crippen molar-refractivity contribution in [1.82, 2.24) is 4.90 Å². The molecule has 0 rings (SSSR count). The highest BCUT2D eigenvalue weighted by Crippen LogP contribution is 1.91. The van der Waals surface area contributed by atoms with E-state index in [1.54, 1.807) is 13.8 Å². The monoisotopic (exact) mass is 191 g/mol. The van der Waals surface area contributed by atoms with Crippen LogP contribution in [0.2, 0.25) is 0 Å². The minimum atomic E-state index is -0.745. The molecule has 0 bridgehead atoms. The third kappa shape index (κ3) is 11.4. The van der Waals surface area contributed by atoms with Crippen LogP contribution in [0.15, 0.2) is 0 Å². The first-order valence-corrected chi connectivity index (χ1v) is 4.63. The van der Waals surface area contributed by atoms with Crippen LogP contribution in [-0.4, -0.2) is 40.4 Å². The number of aliphatic hydroxyl groups excluding tert-OH is 1. The van der Waals surface area contributed by atoms with Gasteiger partial charge in [0.25, 0.3) is 0 Å². The summed E-state index contributed by atoms with van der Waals surface area (Å²) in [5.41, 5.74) is 0. The lowest BCUT2D eigenvalue weighted by molar-refractivity contribution is -0.136. The molecule has 0 heterocycles. The number of hydrogen-bond acceptors (Lipinski definition) is 3. The van der Waals surface area contributed by atoms with Gasteiger partial charge in [-0.25, -0.2) is 0 Å². The standard InChI is InChI=1S/C6H15NO.C3H6O2/c1-4-7(5-2)6(3)8;1-2-3(4)5/h6,8H,4-5H2,1-3H3;2H2,1H3,(H,4,5). The predicted octanol–water partition coefficient (Wildman–Crippen LogP) is 1.15. The second-order valence-corrected chi connectivity index (χ2v) is 2.60. The molecule has 0 spiro atoms. The zero-order chi connectivity index (χ0) is 10.9. The lowest BCUT2D eigenvalue weighted by atomic mass is 10.5. The van der Waals surface area contributed by atoms with Gasteiger partial charge in [0.05, 0.1) is 0 Å². The SMILES string of the molecule is CCC(=O)O.CCN(CC)C(C)O. The maximum Gasteiger partial charge on any atom is 0.303 e. The highest BCUT2D eigenvalue weighted by atomic mass is 16.4. The Morgan fingerprint density at radius 1 is 1.31 bits per heavy atom. The Labute approximate surface area is 80.2 Å². The van der Waals surface area contributed by atoms with Gasteiger partial charge in [-0.2, -0.15) is 0 Å². The number of aliphatic carboxylic acids is 1. The van der Waals surface area contributed by atoms with E-state index >= 15 is 0 Å². The molecule has 0 aromatic heterocycles. The van der Waals surface area contributed by atoms with Crippen LogP contribution in [-0.2, 0) is 4.79 Å². The van der Waals surface area contributed by atoms with Crippen molar-refractivity contribution in [1.29, 1.82) is 0 Å². The molecule has 13 heavy (non-hydrogen) atoms. The first kappa shape index (κ1) is 14.9. The van der Waals surface area contributed by atoms with Gasteiger partial charge in [-0.05, 0) is 20.0 Å². The molecule has 0 aliphatic carbocycles. The minimum Gasteiger partial charge on any atom is -0.481 e. The summed E-state index contributed by atoms with van der Waals surface area (Å²) in [6.45, 7) is 9.31. The second-order valence-electron chi connectivity index (χ2n) is 2.60. The molecule has 0 saturated heterocycles. The van der Waals surface area contributed by atoms with Crippen LogP contribution in [0.5, 0.6) is 0 Å². The maximum atomic E-state index is 9.37. The van der Waals surface area contributed by atoms with Crippen LogP contribution in [0, 0.1) is 0 Å². The fourth-order valence-electron chi connectivity index (χ4n) is 0.752. The fraction of sp³-hybridized carbons (Fsp3) is 0.889. The Kier molecular flexibility index (Phi) is 10.9. The van der Waals surface area contributed by atoms with Crippen molar-refractivity contribution < 1.29 is 15.0 Å². The van der Waals surface area contributed by atoms with Crippen molar-refractivity contribution >= 4 is 5.97 Å². The van der Waals surface area contributed by atoms with Gasteiger partial charge in [0, 0.05) is 6.42 Å². The van der Waals surface area contributed by atoms with Crippen LogP contribution in [0.3, 0.4) is 0 Å². The summed E-state index contributed by atoms with van der Waals surface area (Å²) in [5, 5.41) is 16.7. The molecule has 4 nitrogen and oxygen atoms in total. The minimum absolute atomic E-state index is 0.222. The topological polar surface area (TPSA) is 60.8 Å². The Balaban J connectivity index is 0. The molecule has 0 aliphatic heterocycles. The van der Waals surface area contributed by atoms with Crippen molar-refractivity contribution in [3.05, 3.63) is 0 Å². The molecule has 2 N–H and O–H groups in total. The number of carbonyl (C=O) groups is 1. The molecule has 0 aromatic rings. The Bertz CT molecular complexity index is 122. The Morgan fingerprint density at radius 3 is 1.62 bits per heavy atom. The van der Waals surface area contributed by atoms with Gasteiger partial charge in [-0.3, -0.25) is 9.69 Å². The predicted molar refractivity (Wildman–Crippen MR) is 52.5 cm³/mol. The van der Waals surface area contributed by atoms with Crippen LogP contribution in [0.1, 0.15) is 34.1 Å². The van der Waals surface area contributed by atoms with Crippen LogP contribution in [0.4, 0.5) is 0 Å². The molecule has 80 valence electrons. The second kappa shape index (κ2) is 9.48. The summed E-state index contributed by atoms with van der Waals surface area (Å²) in [4.78, 5) is 11.3. The summed E-state index contributed by atoms with van der Waals surface area (Å²) in [6.07, 6.45) is -0.0648. The Hall–Kier alpha value is -0.610. The average molecular weight is 191 g/mol. The van der Waals surface area contributed by atoms with Gasteiger partial charge in [0.1, 0.15) is 6.23 Å². The molecule has 0 saturated carbocycles. The number of carboxylic acids is 1. The molecule has 0 aliphatic rings. The third-order valence-electron chi connectivity index (χ3n) is 1.64. The van der Waals surface area contributed by atoms with Crippen LogP contribution in [0.25, 0.3) is 0 Å². The lowest BCUT2D eigenvalue weighted by Crippen LogP contribution is -2.32. The summed E-state index contributed by atoms with van der Waals surface area (Å²) in [5.74, 6) is -0.745. The molecular formula is C9H21NO3. The van der Waals surface area contributed by atoms with E-state index in [0.717, 1.165) is 13.1 Å². The quantitative estimate of drug-likeness (QED) is 0.654. The summed E-state index contributed by atoms with van der Waals surface area (Å²) in [7, 11) is 0. The first-order chi connectivity index (χ1) is 5.99. The van der Waals surface area contributed by atoms with Gasteiger partial charge < -0.3 is 10.2 Å². The number of rotatable bonds is 4. The summed E-state index contributed by atoms with van der Waals surface area (Å²) < 4.78 is 0. The largest absolute Gasteiger partial charge is 0.481 e. The van der Waals surface area contributed by atoms with Crippen molar-refractivity contribution in [2.24, 2.45) is 0 Å². The zero-order valence-corrected chi connectivity index (χ0v) is 8.95. The molecule has 1 unspecified atom stereocenters. The van der Waals surface area contributed by atoms with Crippen molar-refractivity contribution in [2.45, 2.75) is 40.3 Å². The number of carboxylic acid groups (broad SMARTS) is 1. The highest BCUT2D eigenvalue weighted by molar-refractivity contribution is 5.66. The van der Waals surface area contributed by atoms with E-state index in [9.17, 15) is 4.79 Å². The normalized spacial score (nSPS) is 11.8. The van der Waals surface area contributed by atoms with Gasteiger partial charge >= 0.3 is 5.97 Å². The molecule has 4 heteroatoms. The van der Waals surface area contributed by atoms with Crippen molar-refractivity contribution in [3.8, 4) is 0 Å². The van der Waals surface area contributed by atoms with Crippen molar-refractivity contribution in [3.63, 3.8) is 0 Å². The average Bonchev–Trinajstić information content (AvgIpc) is 2.07. The highest BCUT2D eigenvalue weighted by Gasteiger charge is 2.02. The Morgan fingerprint density at radius 2 is 1.62 bits per heavy atom. The number of hydrogen-bond donors (Lipinski definition) is 2. The molecule has 0 fully saturated rings. The molecule has 0 aromatic carbocycles. The van der Waals surface area contributed by atoms with Gasteiger partial charge in [0.2, 0.25) is 0 Å². The van der Waals surface area contributed by atoms with Gasteiger partial charge in [-0.15, -0.1) is 0 Å². The van der Waals surface area contributed by atoms with Gasteiger partial charge in [-0.1, -0.05) is 20.8 Å². The fourth-order valence-corrected chi connectivity index (χ4v) is 0.752. The number of aliphatic hydroxyl groups is 1. The van der Waals surface area contributed by atoms with E-state index in [1.165, 1.54) is 0 Å². The molecular weight excluding hydrogens is 170 g/mol. The third-order valence-corrected chi connectivity index (χ3v) is 1.64. The van der Waals surface area contributed by atoms with E-state index in [4.69, 9.17) is 10.2 Å². The van der Waals surface area contributed by atoms with E-state index in [1.807, 2.05) is 18.7 Å². The van der Waals surface area contributed by atoms with Crippen molar-refractivity contribution in [2.75, 3.05) is 13.1 Å². The lowest BCUT2D eigenvalue weighted by Gasteiger charge is -2.20. The smallest absolute Gasteiger partial charge is 0.303 e. The summed E-state index contributed by atoms with van der Waals surface area (Å²) >= 11 is 0. The zero-order valence-electron chi connectivity index (χ0n) is 8.95. The van der Waals surface area contributed by atoms with Crippen LogP contribution >= 0.6 is 0 Å². The molecule has 0 radical (unpaired) electrons. The molecule has 1 atom stereocenters. The van der Waals surface area contributed by atoms with E-state index in [0.29, 0.717) is 0 Å². The van der Waals surface area contributed by atoms with Gasteiger partial charge in [0.15, 0.2) is 0 Å². The molecule has 0 amide bonds. The number of nitrogens with zero attached hydrogens (tertiary/aromatic N) is 1. The van der Waals surface area contributed by atoms with Crippen LogP contribution < -0.4 is 0 Å². The summed E-state index contributed by atoms with van der Waals surface area (Å²) in [6, 6.07) is 0. The first-order valence-electron chi connectivity index (χ1n) is 4.63. The van der Waals surface area contributed by atoms with E-state index in [2.05, 4.69) is 0 Å². The maximum absolute atomic E-state index is 9.37. The van der Waals surface area contributed by atoms with E-state index in [-0.39, 0.29) is 12.6 Å². The van der Waals surface area contributed by atoms with E-state index < -0.39 is 5.97 Å².